The molecule has 19 heavy (non-hydrogen) atoms. The largest absolute Gasteiger partial charge is 0.508 e. The Morgan fingerprint density at radius 1 is 0.895 bits per heavy atom. The highest BCUT2D eigenvalue weighted by molar-refractivity contribution is 5.47. The number of hydrogen-bond acceptors (Lipinski definition) is 2. The quantitative estimate of drug-likeness (QED) is 0.661. The first-order valence-corrected chi connectivity index (χ1v) is 5.33. The third-order valence-electron chi connectivity index (χ3n) is 2.52. The van der Waals surface area contributed by atoms with Gasteiger partial charge in [0.2, 0.25) is 0 Å². The first-order chi connectivity index (χ1) is 8.97. The van der Waals surface area contributed by atoms with E-state index in [4.69, 9.17) is 0 Å². The number of nitrogens with one attached hydrogen (secondary N) is 1. The van der Waals surface area contributed by atoms with E-state index in [0.29, 0.717) is 12.1 Å². The van der Waals surface area contributed by atoms with E-state index < -0.39 is 23.3 Å². The molecule has 0 amide bonds. The summed E-state index contributed by atoms with van der Waals surface area (Å²) in [6.45, 7) is -0.133. The van der Waals surface area contributed by atoms with Crippen molar-refractivity contribution in [1.29, 1.82) is 0 Å². The molecule has 0 spiro atoms. The van der Waals surface area contributed by atoms with E-state index in [0.717, 1.165) is 18.2 Å². The minimum Gasteiger partial charge on any atom is -0.508 e. The second-order valence-corrected chi connectivity index (χ2v) is 3.87. The van der Waals surface area contributed by atoms with Gasteiger partial charge < -0.3 is 10.4 Å². The van der Waals surface area contributed by atoms with Gasteiger partial charge in [0.05, 0.1) is 5.69 Å². The van der Waals surface area contributed by atoms with Crippen molar-refractivity contribution in [3.63, 3.8) is 0 Å². The van der Waals surface area contributed by atoms with Gasteiger partial charge >= 0.3 is 0 Å². The van der Waals surface area contributed by atoms with E-state index in [1.807, 2.05) is 0 Å². The van der Waals surface area contributed by atoms with Crippen molar-refractivity contribution in [3.05, 3.63) is 59.2 Å². The molecule has 100 valence electrons. The lowest BCUT2D eigenvalue weighted by Gasteiger charge is -2.09. The second kappa shape index (κ2) is 5.17. The van der Waals surface area contributed by atoms with Gasteiger partial charge in [-0.25, -0.2) is 17.6 Å². The molecule has 0 heterocycles. The van der Waals surface area contributed by atoms with Crippen LogP contribution >= 0.6 is 0 Å². The van der Waals surface area contributed by atoms with Gasteiger partial charge in [-0.05, 0) is 18.2 Å². The fraction of sp³-hybridized carbons (Fsp3) is 0.0769. The molecular formula is C13H9F4NO. The van der Waals surface area contributed by atoms with Crippen molar-refractivity contribution in [1.82, 2.24) is 0 Å². The molecule has 0 aliphatic heterocycles. The van der Waals surface area contributed by atoms with Gasteiger partial charge in [0.1, 0.15) is 17.4 Å². The monoisotopic (exact) mass is 271 g/mol. The molecule has 0 saturated carbocycles. The van der Waals surface area contributed by atoms with Gasteiger partial charge in [-0.15, -0.1) is 0 Å². The summed E-state index contributed by atoms with van der Waals surface area (Å²) < 4.78 is 51.9. The summed E-state index contributed by atoms with van der Waals surface area (Å²) in [5.74, 6) is -4.23. The van der Waals surface area contributed by atoms with E-state index in [-0.39, 0.29) is 23.5 Å². The summed E-state index contributed by atoms with van der Waals surface area (Å²) >= 11 is 0. The summed E-state index contributed by atoms with van der Waals surface area (Å²) in [7, 11) is 0. The Labute approximate surface area is 106 Å². The predicted molar refractivity (Wildman–Crippen MR) is 61.7 cm³/mol. The van der Waals surface area contributed by atoms with Gasteiger partial charge in [0.25, 0.3) is 0 Å². The minimum absolute atomic E-state index is 0.133. The lowest BCUT2D eigenvalue weighted by molar-refractivity contribution is 0.466. The van der Waals surface area contributed by atoms with E-state index in [2.05, 4.69) is 5.32 Å². The van der Waals surface area contributed by atoms with Crippen molar-refractivity contribution in [2.45, 2.75) is 6.54 Å². The second-order valence-electron chi connectivity index (χ2n) is 3.87. The average molecular weight is 271 g/mol. The molecule has 0 aliphatic carbocycles. The first-order valence-electron chi connectivity index (χ1n) is 5.33. The number of phenolic OH excluding ortho intramolecular Hbond substituents is 1. The van der Waals surface area contributed by atoms with Crippen LogP contribution in [-0.2, 0) is 6.54 Å². The fourth-order valence-corrected chi connectivity index (χ4v) is 1.54. The van der Waals surface area contributed by atoms with Crippen LogP contribution in [0.4, 0.5) is 23.2 Å². The molecule has 0 unspecified atom stereocenters. The summed E-state index contributed by atoms with van der Waals surface area (Å²) in [5, 5.41) is 11.9. The zero-order chi connectivity index (χ0) is 14.0. The molecular weight excluding hydrogens is 262 g/mol. The van der Waals surface area contributed by atoms with Gasteiger partial charge in [-0.2, -0.15) is 0 Å². The Morgan fingerprint density at radius 2 is 1.58 bits per heavy atom. The van der Waals surface area contributed by atoms with Crippen LogP contribution in [0.5, 0.6) is 5.75 Å². The standard InChI is InChI=1S/C13H9F4NO/c14-8-1-2-13(19)7(3-8)6-18-12-5-10(16)9(15)4-11(12)17/h1-5,18-19H,6H2. The van der Waals surface area contributed by atoms with Crippen LogP contribution in [0.3, 0.4) is 0 Å². The number of halogens is 4. The smallest absolute Gasteiger partial charge is 0.161 e. The zero-order valence-corrected chi connectivity index (χ0v) is 9.55. The van der Waals surface area contributed by atoms with Gasteiger partial charge in [-0.1, -0.05) is 0 Å². The molecule has 2 aromatic carbocycles. The van der Waals surface area contributed by atoms with E-state index in [1.54, 1.807) is 0 Å². The molecule has 0 saturated heterocycles. The third kappa shape index (κ3) is 2.96. The van der Waals surface area contributed by atoms with Gasteiger partial charge in [-0.3, -0.25) is 0 Å². The Balaban J connectivity index is 2.19. The van der Waals surface area contributed by atoms with Crippen LogP contribution in [0.25, 0.3) is 0 Å². The summed E-state index contributed by atoms with van der Waals surface area (Å²) in [6.07, 6.45) is 0. The number of anilines is 1. The van der Waals surface area contributed by atoms with Crippen LogP contribution in [0.1, 0.15) is 5.56 Å². The van der Waals surface area contributed by atoms with Gasteiger partial charge in [0.15, 0.2) is 11.6 Å². The minimum atomic E-state index is -1.29. The topological polar surface area (TPSA) is 32.3 Å². The van der Waals surface area contributed by atoms with Crippen LogP contribution in [0.2, 0.25) is 0 Å². The maximum absolute atomic E-state index is 13.3. The molecule has 0 fully saturated rings. The lowest BCUT2D eigenvalue weighted by atomic mass is 10.2. The van der Waals surface area contributed by atoms with E-state index >= 15 is 0 Å². The predicted octanol–water partition coefficient (Wildman–Crippen LogP) is 3.56. The van der Waals surface area contributed by atoms with Crippen molar-refractivity contribution >= 4 is 5.69 Å². The fourth-order valence-electron chi connectivity index (χ4n) is 1.54. The molecule has 0 aromatic heterocycles. The van der Waals surface area contributed by atoms with Crippen molar-refractivity contribution < 1.29 is 22.7 Å². The highest BCUT2D eigenvalue weighted by atomic mass is 19.2. The van der Waals surface area contributed by atoms with Crippen molar-refractivity contribution in [2.75, 3.05) is 5.32 Å². The third-order valence-corrected chi connectivity index (χ3v) is 2.52. The number of benzene rings is 2. The molecule has 0 atom stereocenters. The molecule has 0 radical (unpaired) electrons. The van der Waals surface area contributed by atoms with Crippen LogP contribution in [0, 0.1) is 23.3 Å². The maximum atomic E-state index is 13.3. The zero-order valence-electron chi connectivity index (χ0n) is 9.55. The molecule has 2 nitrogen and oxygen atoms in total. The number of aromatic hydroxyl groups is 1. The van der Waals surface area contributed by atoms with E-state index in [9.17, 15) is 22.7 Å². The molecule has 6 heteroatoms. The molecule has 2 N–H and O–H groups in total. The van der Waals surface area contributed by atoms with Crippen molar-refractivity contribution in [3.8, 4) is 5.75 Å². The number of hydrogen-bond donors (Lipinski definition) is 2. The normalized spacial score (nSPS) is 10.5. The average Bonchev–Trinajstić information content (AvgIpc) is 2.36. The van der Waals surface area contributed by atoms with Crippen LogP contribution in [0.15, 0.2) is 30.3 Å². The highest BCUT2D eigenvalue weighted by Gasteiger charge is 2.10. The molecule has 2 rings (SSSR count). The lowest BCUT2D eigenvalue weighted by Crippen LogP contribution is -2.03. The Morgan fingerprint density at radius 3 is 2.32 bits per heavy atom. The number of rotatable bonds is 3. The Hall–Kier alpha value is -2.24. The highest BCUT2D eigenvalue weighted by Crippen LogP contribution is 2.22. The first kappa shape index (κ1) is 13.2. The van der Waals surface area contributed by atoms with E-state index in [1.165, 1.54) is 0 Å². The molecule has 0 aliphatic rings. The van der Waals surface area contributed by atoms with Crippen LogP contribution in [-0.4, -0.2) is 5.11 Å². The maximum Gasteiger partial charge on any atom is 0.161 e. The SMILES string of the molecule is Oc1ccc(F)cc1CNc1cc(F)c(F)cc1F. The summed E-state index contributed by atoms with van der Waals surface area (Å²) in [4.78, 5) is 0. The Kier molecular flexibility index (Phi) is 3.59. The number of phenols is 1. The van der Waals surface area contributed by atoms with Crippen LogP contribution < -0.4 is 5.32 Å². The van der Waals surface area contributed by atoms with Gasteiger partial charge in [0, 0.05) is 24.2 Å². The molecule has 0 bridgehead atoms. The summed E-state index contributed by atoms with van der Waals surface area (Å²) in [6, 6.07) is 4.33. The summed E-state index contributed by atoms with van der Waals surface area (Å²) in [5.41, 5.74) is -0.105. The molecule has 2 aromatic rings. The Bertz CT molecular complexity index is 616. The van der Waals surface area contributed by atoms with Crippen molar-refractivity contribution in [2.24, 2.45) is 0 Å².